The fourth-order valence-corrected chi connectivity index (χ4v) is 2.33. The van der Waals surface area contributed by atoms with Gasteiger partial charge in [0.15, 0.2) is 0 Å². The molecule has 0 aromatic heterocycles. The first-order valence-electron chi connectivity index (χ1n) is 4.68. The van der Waals surface area contributed by atoms with Crippen LogP contribution < -0.4 is 0 Å². The van der Waals surface area contributed by atoms with Gasteiger partial charge in [-0.25, -0.2) is 0 Å². The molecule has 2 aliphatic carbocycles. The van der Waals surface area contributed by atoms with E-state index >= 15 is 0 Å². The van der Waals surface area contributed by atoms with E-state index < -0.39 is 0 Å². The van der Waals surface area contributed by atoms with Crippen molar-refractivity contribution in [2.75, 3.05) is 0 Å². The second kappa shape index (κ2) is 2.51. The molecule has 0 heterocycles. The van der Waals surface area contributed by atoms with Gasteiger partial charge in [-0.3, -0.25) is 0 Å². The minimum atomic E-state index is 0.833. The molecule has 2 aliphatic rings. The van der Waals surface area contributed by atoms with Gasteiger partial charge in [0.25, 0.3) is 0 Å². The Hall–Kier alpha value is -0.520. The topological polar surface area (TPSA) is 0 Å². The Labute approximate surface area is 69.0 Å². The highest BCUT2D eigenvalue weighted by molar-refractivity contribution is 5.38. The third-order valence-corrected chi connectivity index (χ3v) is 3.16. The maximum Gasteiger partial charge on any atom is -0.0127 e. The molecule has 0 nitrogen and oxygen atoms in total. The lowest BCUT2D eigenvalue weighted by Gasteiger charge is -2.26. The number of hydrogen-bond acceptors (Lipinski definition) is 0. The summed E-state index contributed by atoms with van der Waals surface area (Å²) in [6, 6.07) is 0. The molecule has 0 aliphatic heterocycles. The SMILES string of the molecule is CC1CCC(C)C2=C1C=CC2. The van der Waals surface area contributed by atoms with Crippen LogP contribution in [0.2, 0.25) is 0 Å². The molecule has 0 saturated heterocycles. The lowest BCUT2D eigenvalue weighted by molar-refractivity contribution is 0.462. The molecular weight excluding hydrogens is 132 g/mol. The highest BCUT2D eigenvalue weighted by Gasteiger charge is 2.24. The van der Waals surface area contributed by atoms with Crippen molar-refractivity contribution in [3.8, 4) is 0 Å². The summed E-state index contributed by atoms with van der Waals surface area (Å²) in [6.07, 6.45) is 8.70. The van der Waals surface area contributed by atoms with Gasteiger partial charge < -0.3 is 0 Å². The van der Waals surface area contributed by atoms with Gasteiger partial charge in [-0.1, -0.05) is 31.6 Å². The number of rotatable bonds is 0. The number of allylic oxidation sites excluding steroid dienone is 4. The summed E-state index contributed by atoms with van der Waals surface area (Å²) in [6.45, 7) is 4.73. The van der Waals surface area contributed by atoms with E-state index in [0.29, 0.717) is 0 Å². The van der Waals surface area contributed by atoms with E-state index in [4.69, 9.17) is 0 Å². The van der Waals surface area contributed by atoms with E-state index in [9.17, 15) is 0 Å². The van der Waals surface area contributed by atoms with Gasteiger partial charge in [-0.2, -0.15) is 0 Å². The molecule has 0 fully saturated rings. The summed E-state index contributed by atoms with van der Waals surface area (Å²) in [7, 11) is 0. The summed E-state index contributed by atoms with van der Waals surface area (Å²) < 4.78 is 0. The second-order valence-corrected chi connectivity index (χ2v) is 3.97. The first-order chi connectivity index (χ1) is 5.29. The zero-order chi connectivity index (χ0) is 7.84. The van der Waals surface area contributed by atoms with E-state index in [1.54, 1.807) is 11.1 Å². The van der Waals surface area contributed by atoms with Crippen LogP contribution in [0.4, 0.5) is 0 Å². The van der Waals surface area contributed by atoms with E-state index in [2.05, 4.69) is 26.0 Å². The Morgan fingerprint density at radius 3 is 2.64 bits per heavy atom. The lowest BCUT2D eigenvalue weighted by atomic mass is 9.79. The molecule has 0 heteroatoms. The maximum atomic E-state index is 2.37. The lowest BCUT2D eigenvalue weighted by Crippen LogP contribution is -2.12. The molecular formula is C11H16. The van der Waals surface area contributed by atoms with E-state index in [1.807, 2.05) is 0 Å². The monoisotopic (exact) mass is 148 g/mol. The Bertz CT molecular complexity index is 220. The molecule has 0 bridgehead atoms. The van der Waals surface area contributed by atoms with Crippen LogP contribution in [-0.2, 0) is 0 Å². The van der Waals surface area contributed by atoms with Gasteiger partial charge in [0.05, 0.1) is 0 Å². The first kappa shape index (κ1) is 7.15. The predicted octanol–water partition coefficient (Wildman–Crippen LogP) is 3.31. The van der Waals surface area contributed by atoms with Crippen LogP contribution in [0.3, 0.4) is 0 Å². The standard InChI is InChI=1S/C11H16/c1-8-6-7-9(2)11-5-3-4-10(8)11/h3-4,8-9H,5-7H2,1-2H3. The molecule has 2 unspecified atom stereocenters. The quantitative estimate of drug-likeness (QED) is 0.494. The van der Waals surface area contributed by atoms with Crippen LogP contribution in [0, 0.1) is 11.8 Å². The van der Waals surface area contributed by atoms with Gasteiger partial charge in [0, 0.05) is 0 Å². The molecule has 0 aromatic rings. The van der Waals surface area contributed by atoms with Crippen molar-refractivity contribution in [3.05, 3.63) is 23.3 Å². The van der Waals surface area contributed by atoms with Crippen LogP contribution in [0.5, 0.6) is 0 Å². The molecule has 60 valence electrons. The van der Waals surface area contributed by atoms with Gasteiger partial charge in [0.2, 0.25) is 0 Å². The normalized spacial score (nSPS) is 36.2. The molecule has 2 rings (SSSR count). The van der Waals surface area contributed by atoms with Crippen molar-refractivity contribution < 1.29 is 0 Å². The van der Waals surface area contributed by atoms with Crippen molar-refractivity contribution >= 4 is 0 Å². The van der Waals surface area contributed by atoms with Gasteiger partial charge in [-0.15, -0.1) is 0 Å². The van der Waals surface area contributed by atoms with Crippen molar-refractivity contribution in [2.45, 2.75) is 33.1 Å². The molecule has 0 aromatic carbocycles. The zero-order valence-corrected chi connectivity index (χ0v) is 7.43. The van der Waals surface area contributed by atoms with E-state index in [-0.39, 0.29) is 0 Å². The summed E-state index contributed by atoms with van der Waals surface area (Å²) in [5, 5.41) is 0. The van der Waals surface area contributed by atoms with Gasteiger partial charge in [-0.05, 0) is 36.7 Å². The average Bonchev–Trinajstić information content (AvgIpc) is 2.45. The van der Waals surface area contributed by atoms with Crippen molar-refractivity contribution in [1.29, 1.82) is 0 Å². The smallest absolute Gasteiger partial charge is 0.0127 e. The summed E-state index contributed by atoms with van der Waals surface area (Å²) in [5.74, 6) is 1.69. The van der Waals surface area contributed by atoms with Gasteiger partial charge >= 0.3 is 0 Å². The van der Waals surface area contributed by atoms with Gasteiger partial charge in [0.1, 0.15) is 0 Å². The molecule has 0 spiro atoms. The third kappa shape index (κ3) is 1.05. The predicted molar refractivity (Wildman–Crippen MR) is 48.3 cm³/mol. The second-order valence-electron chi connectivity index (χ2n) is 3.97. The minimum Gasteiger partial charge on any atom is -0.0802 e. The number of hydrogen-bond donors (Lipinski definition) is 0. The first-order valence-corrected chi connectivity index (χ1v) is 4.68. The van der Waals surface area contributed by atoms with Crippen molar-refractivity contribution in [1.82, 2.24) is 0 Å². The summed E-state index contributed by atoms with van der Waals surface area (Å²) >= 11 is 0. The van der Waals surface area contributed by atoms with Crippen LogP contribution in [0.15, 0.2) is 23.3 Å². The molecule has 0 N–H and O–H groups in total. The summed E-state index contributed by atoms with van der Waals surface area (Å²) in [5.41, 5.74) is 3.38. The van der Waals surface area contributed by atoms with Crippen LogP contribution >= 0.6 is 0 Å². The largest absolute Gasteiger partial charge is 0.0802 e. The Morgan fingerprint density at radius 2 is 1.91 bits per heavy atom. The third-order valence-electron chi connectivity index (χ3n) is 3.16. The highest BCUT2D eigenvalue weighted by Crippen LogP contribution is 2.39. The van der Waals surface area contributed by atoms with Crippen LogP contribution in [0.25, 0.3) is 0 Å². The van der Waals surface area contributed by atoms with Crippen LogP contribution in [0.1, 0.15) is 33.1 Å². The van der Waals surface area contributed by atoms with Crippen molar-refractivity contribution in [3.63, 3.8) is 0 Å². The molecule has 0 radical (unpaired) electrons. The minimum absolute atomic E-state index is 0.833. The fraction of sp³-hybridized carbons (Fsp3) is 0.636. The molecule has 11 heavy (non-hydrogen) atoms. The maximum absolute atomic E-state index is 2.37. The Balaban J connectivity index is 2.32. The van der Waals surface area contributed by atoms with Crippen LogP contribution in [-0.4, -0.2) is 0 Å². The Morgan fingerprint density at radius 1 is 1.18 bits per heavy atom. The fourth-order valence-electron chi connectivity index (χ4n) is 2.33. The zero-order valence-electron chi connectivity index (χ0n) is 7.43. The van der Waals surface area contributed by atoms with E-state index in [0.717, 1.165) is 11.8 Å². The molecule has 0 amide bonds. The van der Waals surface area contributed by atoms with E-state index in [1.165, 1.54) is 19.3 Å². The van der Waals surface area contributed by atoms with Crippen molar-refractivity contribution in [2.24, 2.45) is 11.8 Å². The summed E-state index contributed by atoms with van der Waals surface area (Å²) in [4.78, 5) is 0. The molecule has 2 atom stereocenters. The average molecular weight is 148 g/mol. The highest BCUT2D eigenvalue weighted by atomic mass is 14.3. The Kier molecular flexibility index (Phi) is 1.63. The molecule has 0 saturated carbocycles.